The number of fused-ring (bicyclic) bond motifs is 1. The van der Waals surface area contributed by atoms with Crippen molar-refractivity contribution >= 4 is 40.3 Å². The van der Waals surface area contributed by atoms with Crippen LogP contribution in [0.1, 0.15) is 19.2 Å². The first-order valence-corrected chi connectivity index (χ1v) is 6.90. The van der Waals surface area contributed by atoms with Gasteiger partial charge in [0.15, 0.2) is 5.65 Å². The standard InChI is InChI=1S/C12H14Cl2N4O/c1-2-15-11(19)3-4-18-10(6-13)17-9-5-8(14)7-16-12(9)18/h5,7H,2-4,6H2,1H3,(H,15,19). The van der Waals surface area contributed by atoms with Crippen molar-refractivity contribution in [2.45, 2.75) is 25.8 Å². The first kappa shape index (κ1) is 14.1. The molecule has 2 rings (SSSR count). The van der Waals surface area contributed by atoms with E-state index < -0.39 is 0 Å². The molecule has 2 aromatic heterocycles. The summed E-state index contributed by atoms with van der Waals surface area (Å²) in [5.74, 6) is 0.957. The monoisotopic (exact) mass is 300 g/mol. The molecular weight excluding hydrogens is 287 g/mol. The van der Waals surface area contributed by atoms with Crippen LogP contribution in [0, 0.1) is 0 Å². The first-order chi connectivity index (χ1) is 9.15. The predicted octanol–water partition coefficient (Wildman–Crippen LogP) is 2.35. The summed E-state index contributed by atoms with van der Waals surface area (Å²) in [6.07, 6.45) is 1.93. The molecule has 0 saturated carbocycles. The number of nitrogens with zero attached hydrogens (tertiary/aromatic N) is 3. The fourth-order valence-corrected chi connectivity index (χ4v) is 2.23. The van der Waals surface area contributed by atoms with Gasteiger partial charge < -0.3 is 9.88 Å². The summed E-state index contributed by atoms with van der Waals surface area (Å²) in [5, 5.41) is 3.29. The van der Waals surface area contributed by atoms with E-state index in [1.807, 2.05) is 11.5 Å². The van der Waals surface area contributed by atoms with Gasteiger partial charge in [0.25, 0.3) is 0 Å². The molecule has 102 valence electrons. The van der Waals surface area contributed by atoms with Crippen molar-refractivity contribution in [1.29, 1.82) is 0 Å². The van der Waals surface area contributed by atoms with Crippen LogP contribution in [0.5, 0.6) is 0 Å². The van der Waals surface area contributed by atoms with E-state index in [4.69, 9.17) is 23.2 Å². The number of halogens is 2. The van der Waals surface area contributed by atoms with Gasteiger partial charge in [-0.25, -0.2) is 9.97 Å². The van der Waals surface area contributed by atoms with E-state index >= 15 is 0 Å². The molecule has 0 radical (unpaired) electrons. The molecular formula is C12H14Cl2N4O. The number of rotatable bonds is 5. The molecule has 0 aliphatic rings. The van der Waals surface area contributed by atoms with Gasteiger partial charge in [-0.3, -0.25) is 4.79 Å². The van der Waals surface area contributed by atoms with E-state index in [0.29, 0.717) is 41.5 Å². The zero-order chi connectivity index (χ0) is 13.8. The van der Waals surface area contributed by atoms with Crippen molar-refractivity contribution in [1.82, 2.24) is 19.9 Å². The van der Waals surface area contributed by atoms with Crippen LogP contribution < -0.4 is 5.32 Å². The lowest BCUT2D eigenvalue weighted by molar-refractivity contribution is -0.121. The Labute approximate surface area is 120 Å². The van der Waals surface area contributed by atoms with Gasteiger partial charge in [-0.1, -0.05) is 11.6 Å². The summed E-state index contributed by atoms with van der Waals surface area (Å²) in [4.78, 5) is 20.1. The van der Waals surface area contributed by atoms with Crippen LogP contribution in [0.4, 0.5) is 0 Å². The quantitative estimate of drug-likeness (QED) is 0.862. The minimum absolute atomic E-state index is 0.00108. The van der Waals surface area contributed by atoms with Gasteiger partial charge in [-0.05, 0) is 13.0 Å². The summed E-state index contributed by atoms with van der Waals surface area (Å²) in [5.41, 5.74) is 1.39. The number of carbonyl (C=O) groups is 1. The zero-order valence-corrected chi connectivity index (χ0v) is 12.0. The second-order valence-corrected chi connectivity index (χ2v) is 4.72. The molecule has 0 atom stereocenters. The summed E-state index contributed by atoms with van der Waals surface area (Å²) in [6.45, 7) is 3.01. The predicted molar refractivity (Wildman–Crippen MR) is 75.4 cm³/mol. The van der Waals surface area contributed by atoms with Gasteiger partial charge in [-0.15, -0.1) is 11.6 Å². The molecule has 0 saturated heterocycles. The molecule has 1 N–H and O–H groups in total. The highest BCUT2D eigenvalue weighted by atomic mass is 35.5. The smallest absolute Gasteiger partial charge is 0.221 e. The third-order valence-corrected chi connectivity index (χ3v) is 3.13. The number of aryl methyl sites for hydroxylation is 1. The van der Waals surface area contributed by atoms with Gasteiger partial charge >= 0.3 is 0 Å². The molecule has 1 amide bonds. The Kier molecular flexibility index (Phi) is 4.61. The molecule has 2 aromatic rings. The Morgan fingerprint density at radius 2 is 2.32 bits per heavy atom. The van der Waals surface area contributed by atoms with Gasteiger partial charge in [0.05, 0.1) is 10.9 Å². The van der Waals surface area contributed by atoms with Gasteiger partial charge in [-0.2, -0.15) is 0 Å². The molecule has 0 spiro atoms. The molecule has 0 aliphatic heterocycles. The lowest BCUT2D eigenvalue weighted by Gasteiger charge is -2.07. The Morgan fingerprint density at radius 1 is 1.53 bits per heavy atom. The average Bonchev–Trinajstić information content (AvgIpc) is 2.73. The van der Waals surface area contributed by atoms with E-state index in [2.05, 4.69) is 15.3 Å². The van der Waals surface area contributed by atoms with Crippen LogP contribution >= 0.6 is 23.2 Å². The van der Waals surface area contributed by atoms with Crippen LogP contribution in [0.3, 0.4) is 0 Å². The van der Waals surface area contributed by atoms with Crippen LogP contribution in [-0.2, 0) is 17.2 Å². The summed E-state index contributed by atoms with van der Waals surface area (Å²) in [7, 11) is 0. The summed E-state index contributed by atoms with van der Waals surface area (Å²) in [6, 6.07) is 1.74. The molecule has 0 aromatic carbocycles. The second kappa shape index (κ2) is 6.21. The lowest BCUT2D eigenvalue weighted by atomic mass is 10.3. The number of imidazole rings is 1. The molecule has 19 heavy (non-hydrogen) atoms. The number of amides is 1. The molecule has 5 nitrogen and oxygen atoms in total. The Morgan fingerprint density at radius 3 is 3.00 bits per heavy atom. The fourth-order valence-electron chi connectivity index (χ4n) is 1.87. The van der Waals surface area contributed by atoms with Crippen molar-refractivity contribution < 1.29 is 4.79 Å². The van der Waals surface area contributed by atoms with E-state index in [0.717, 1.165) is 0 Å². The Balaban J connectivity index is 2.27. The van der Waals surface area contributed by atoms with Crippen LogP contribution in [0.25, 0.3) is 11.2 Å². The van der Waals surface area contributed by atoms with Crippen molar-refractivity contribution in [2.75, 3.05) is 6.54 Å². The minimum atomic E-state index is -0.00108. The van der Waals surface area contributed by atoms with Crippen molar-refractivity contribution in [3.63, 3.8) is 0 Å². The van der Waals surface area contributed by atoms with Crippen molar-refractivity contribution in [2.24, 2.45) is 0 Å². The summed E-state index contributed by atoms with van der Waals surface area (Å²) < 4.78 is 1.86. The van der Waals surface area contributed by atoms with Crippen LogP contribution in [0.2, 0.25) is 5.02 Å². The highest BCUT2D eigenvalue weighted by Crippen LogP contribution is 2.19. The Hall–Kier alpha value is -1.33. The zero-order valence-electron chi connectivity index (χ0n) is 10.5. The third kappa shape index (κ3) is 3.16. The number of hydrogen-bond acceptors (Lipinski definition) is 3. The lowest BCUT2D eigenvalue weighted by Crippen LogP contribution is -2.24. The molecule has 0 fully saturated rings. The minimum Gasteiger partial charge on any atom is -0.356 e. The highest BCUT2D eigenvalue weighted by Gasteiger charge is 2.12. The van der Waals surface area contributed by atoms with E-state index in [1.165, 1.54) is 0 Å². The van der Waals surface area contributed by atoms with E-state index in [9.17, 15) is 4.79 Å². The van der Waals surface area contributed by atoms with Gasteiger partial charge in [0.2, 0.25) is 5.91 Å². The SMILES string of the molecule is CCNC(=O)CCn1c(CCl)nc2cc(Cl)cnc21. The molecule has 0 bridgehead atoms. The molecule has 2 heterocycles. The number of hydrogen-bond donors (Lipinski definition) is 1. The third-order valence-electron chi connectivity index (χ3n) is 2.69. The largest absolute Gasteiger partial charge is 0.356 e. The molecule has 0 unspecified atom stereocenters. The highest BCUT2D eigenvalue weighted by molar-refractivity contribution is 6.31. The maximum Gasteiger partial charge on any atom is 0.221 e. The van der Waals surface area contributed by atoms with Crippen LogP contribution in [-0.4, -0.2) is 27.0 Å². The van der Waals surface area contributed by atoms with E-state index in [1.54, 1.807) is 12.3 Å². The van der Waals surface area contributed by atoms with Gasteiger partial charge in [0, 0.05) is 25.7 Å². The number of nitrogens with one attached hydrogen (secondary N) is 1. The average molecular weight is 301 g/mol. The number of carbonyl (C=O) groups excluding carboxylic acids is 1. The van der Waals surface area contributed by atoms with Crippen molar-refractivity contribution in [3.05, 3.63) is 23.1 Å². The number of alkyl halides is 1. The van der Waals surface area contributed by atoms with Crippen LogP contribution in [0.15, 0.2) is 12.3 Å². The normalized spacial score (nSPS) is 10.9. The molecule has 7 heteroatoms. The fraction of sp³-hybridized carbons (Fsp3) is 0.417. The number of pyridine rings is 1. The van der Waals surface area contributed by atoms with Crippen molar-refractivity contribution in [3.8, 4) is 0 Å². The van der Waals surface area contributed by atoms with E-state index in [-0.39, 0.29) is 11.8 Å². The Bertz CT molecular complexity index is 597. The summed E-state index contributed by atoms with van der Waals surface area (Å²) >= 11 is 11.8. The van der Waals surface area contributed by atoms with Gasteiger partial charge in [0.1, 0.15) is 11.3 Å². The maximum absolute atomic E-state index is 11.5. The first-order valence-electron chi connectivity index (χ1n) is 5.99. The maximum atomic E-state index is 11.5. The topological polar surface area (TPSA) is 59.8 Å². The molecule has 0 aliphatic carbocycles. The number of aromatic nitrogens is 3. The second-order valence-electron chi connectivity index (χ2n) is 4.01.